The van der Waals surface area contributed by atoms with Crippen LogP contribution in [0.3, 0.4) is 0 Å². The van der Waals surface area contributed by atoms with Gasteiger partial charge >= 0.3 is 5.97 Å². The van der Waals surface area contributed by atoms with Crippen LogP contribution in [0.15, 0.2) is 59.7 Å². The highest BCUT2D eigenvalue weighted by Gasteiger charge is 2.12. The van der Waals surface area contributed by atoms with E-state index in [0.29, 0.717) is 12.1 Å². The number of methoxy groups -OCH3 is 2. The summed E-state index contributed by atoms with van der Waals surface area (Å²) in [5, 5.41) is 4.36. The number of rotatable bonds is 7. The van der Waals surface area contributed by atoms with Crippen LogP contribution in [-0.2, 0) is 11.3 Å². The highest BCUT2D eigenvalue weighted by molar-refractivity contribution is 5.90. The van der Waals surface area contributed by atoms with E-state index in [2.05, 4.69) is 21.2 Å². The number of nitrogens with one attached hydrogen (secondary N) is 1. The van der Waals surface area contributed by atoms with E-state index >= 15 is 0 Å². The Hall–Kier alpha value is -3.54. The SMILES string of the molecule is COC(=O)c1cccc(-n2c(C)cc(/C=N\NCc3ccccc3OC)c2C)c1. The first-order valence-electron chi connectivity index (χ1n) is 9.30. The Morgan fingerprint density at radius 1 is 1.10 bits per heavy atom. The van der Waals surface area contributed by atoms with Crippen LogP contribution in [-0.4, -0.2) is 31.0 Å². The Bertz CT molecular complexity index is 1040. The van der Waals surface area contributed by atoms with Gasteiger partial charge in [0.1, 0.15) is 5.75 Å². The Labute approximate surface area is 170 Å². The molecule has 3 aromatic rings. The fourth-order valence-corrected chi connectivity index (χ4v) is 3.30. The van der Waals surface area contributed by atoms with Crippen molar-refractivity contribution in [3.63, 3.8) is 0 Å². The minimum absolute atomic E-state index is 0.350. The first kappa shape index (κ1) is 20.2. The van der Waals surface area contributed by atoms with Gasteiger partial charge in [0.2, 0.25) is 0 Å². The first-order chi connectivity index (χ1) is 14.0. The summed E-state index contributed by atoms with van der Waals surface area (Å²) in [4.78, 5) is 11.8. The van der Waals surface area contributed by atoms with Crippen LogP contribution in [0.1, 0.15) is 32.9 Å². The van der Waals surface area contributed by atoms with Crippen molar-refractivity contribution in [2.45, 2.75) is 20.4 Å². The minimum atomic E-state index is -0.350. The lowest BCUT2D eigenvalue weighted by Crippen LogP contribution is -2.07. The molecule has 0 aliphatic heterocycles. The van der Waals surface area contributed by atoms with E-state index in [-0.39, 0.29) is 5.97 Å². The number of benzene rings is 2. The predicted molar refractivity (Wildman–Crippen MR) is 114 cm³/mol. The van der Waals surface area contributed by atoms with Gasteiger partial charge in [-0.15, -0.1) is 0 Å². The van der Waals surface area contributed by atoms with Crippen molar-refractivity contribution in [2.75, 3.05) is 14.2 Å². The topological polar surface area (TPSA) is 64.9 Å². The number of hydrogen-bond acceptors (Lipinski definition) is 5. The summed E-state index contributed by atoms with van der Waals surface area (Å²) in [5.41, 5.74) is 8.62. The number of carbonyl (C=O) groups is 1. The van der Waals surface area contributed by atoms with Gasteiger partial charge in [-0.1, -0.05) is 24.3 Å². The van der Waals surface area contributed by atoms with Gasteiger partial charge in [-0.3, -0.25) is 0 Å². The molecule has 0 radical (unpaired) electrons. The third-order valence-electron chi connectivity index (χ3n) is 4.75. The normalized spacial score (nSPS) is 10.9. The average Bonchev–Trinajstić information content (AvgIpc) is 3.04. The Kier molecular flexibility index (Phi) is 6.34. The zero-order chi connectivity index (χ0) is 20.8. The molecule has 150 valence electrons. The van der Waals surface area contributed by atoms with Crippen LogP contribution in [0, 0.1) is 13.8 Å². The Morgan fingerprint density at radius 3 is 2.66 bits per heavy atom. The van der Waals surface area contributed by atoms with E-state index in [1.807, 2.05) is 56.3 Å². The van der Waals surface area contributed by atoms with Gasteiger partial charge in [0.15, 0.2) is 0 Å². The molecule has 0 fully saturated rings. The van der Waals surface area contributed by atoms with Gasteiger partial charge in [-0.2, -0.15) is 5.10 Å². The molecule has 0 aliphatic carbocycles. The van der Waals surface area contributed by atoms with Crippen LogP contribution in [0.5, 0.6) is 5.75 Å². The quantitative estimate of drug-likeness (QED) is 0.375. The van der Waals surface area contributed by atoms with Crippen molar-refractivity contribution in [3.8, 4) is 11.4 Å². The van der Waals surface area contributed by atoms with Crippen LogP contribution in [0.25, 0.3) is 5.69 Å². The number of ether oxygens (including phenoxy) is 2. The van der Waals surface area contributed by atoms with Gasteiger partial charge < -0.3 is 19.5 Å². The molecule has 1 aromatic heterocycles. The number of hydrogen-bond donors (Lipinski definition) is 1. The van der Waals surface area contributed by atoms with E-state index in [9.17, 15) is 4.79 Å². The van der Waals surface area contributed by atoms with Gasteiger partial charge in [0.25, 0.3) is 0 Å². The van der Waals surface area contributed by atoms with Crippen LogP contribution in [0.2, 0.25) is 0 Å². The highest BCUT2D eigenvalue weighted by atomic mass is 16.5. The zero-order valence-electron chi connectivity index (χ0n) is 17.1. The van der Waals surface area contributed by atoms with Crippen LogP contribution in [0.4, 0.5) is 0 Å². The molecule has 2 aromatic carbocycles. The number of hydrazone groups is 1. The Balaban J connectivity index is 1.77. The second kappa shape index (κ2) is 9.10. The predicted octanol–water partition coefficient (Wildman–Crippen LogP) is 4.01. The van der Waals surface area contributed by atoms with Crippen molar-refractivity contribution in [2.24, 2.45) is 5.10 Å². The molecular formula is C23H25N3O3. The zero-order valence-corrected chi connectivity index (χ0v) is 17.1. The number of esters is 1. The van der Waals surface area contributed by atoms with Crippen molar-refractivity contribution in [3.05, 3.63) is 82.7 Å². The molecule has 0 unspecified atom stereocenters. The highest BCUT2D eigenvalue weighted by Crippen LogP contribution is 2.21. The fraction of sp³-hybridized carbons (Fsp3) is 0.217. The van der Waals surface area contributed by atoms with Crippen LogP contribution >= 0.6 is 0 Å². The molecule has 6 nitrogen and oxygen atoms in total. The fourth-order valence-electron chi connectivity index (χ4n) is 3.30. The summed E-state index contributed by atoms with van der Waals surface area (Å²) in [5.74, 6) is 0.482. The molecule has 1 heterocycles. The van der Waals surface area contributed by atoms with E-state index in [4.69, 9.17) is 9.47 Å². The minimum Gasteiger partial charge on any atom is -0.496 e. The summed E-state index contributed by atoms with van der Waals surface area (Å²) >= 11 is 0. The number of para-hydroxylation sites is 1. The van der Waals surface area contributed by atoms with E-state index in [1.54, 1.807) is 19.4 Å². The standard InChI is InChI=1S/C23H25N3O3/c1-16-12-20(15-25-24-14-19-8-5-6-11-22(19)28-3)17(2)26(16)21-10-7-9-18(13-21)23(27)29-4/h5-13,15,24H,14H2,1-4H3/b25-15-. The summed E-state index contributed by atoms with van der Waals surface area (Å²) in [7, 11) is 3.04. The van der Waals surface area contributed by atoms with Crippen LogP contribution < -0.4 is 10.2 Å². The van der Waals surface area contributed by atoms with Gasteiger partial charge in [-0.25, -0.2) is 4.79 Å². The average molecular weight is 391 g/mol. The lowest BCUT2D eigenvalue weighted by atomic mass is 10.2. The summed E-state index contributed by atoms with van der Waals surface area (Å²) in [6, 6.07) is 17.3. The molecule has 0 spiro atoms. The maximum atomic E-state index is 11.8. The first-order valence-corrected chi connectivity index (χ1v) is 9.30. The molecule has 0 atom stereocenters. The molecule has 3 rings (SSSR count). The summed E-state index contributed by atoms with van der Waals surface area (Å²) in [6.45, 7) is 4.62. The lowest BCUT2D eigenvalue weighted by molar-refractivity contribution is 0.0600. The molecule has 6 heteroatoms. The van der Waals surface area contributed by atoms with E-state index in [1.165, 1.54) is 7.11 Å². The van der Waals surface area contributed by atoms with Crippen molar-refractivity contribution in [1.29, 1.82) is 0 Å². The second-order valence-electron chi connectivity index (χ2n) is 6.61. The van der Waals surface area contributed by atoms with Crippen molar-refractivity contribution in [1.82, 2.24) is 9.99 Å². The van der Waals surface area contributed by atoms with E-state index in [0.717, 1.165) is 34.0 Å². The molecule has 0 amide bonds. The molecule has 0 aliphatic rings. The maximum Gasteiger partial charge on any atom is 0.337 e. The third kappa shape index (κ3) is 4.48. The summed E-state index contributed by atoms with van der Waals surface area (Å²) < 4.78 is 12.3. The molecular weight excluding hydrogens is 366 g/mol. The maximum absolute atomic E-state index is 11.8. The molecule has 29 heavy (non-hydrogen) atoms. The van der Waals surface area contributed by atoms with E-state index < -0.39 is 0 Å². The summed E-state index contributed by atoms with van der Waals surface area (Å²) in [6.07, 6.45) is 1.80. The number of carbonyl (C=O) groups excluding carboxylic acids is 1. The van der Waals surface area contributed by atoms with Gasteiger partial charge in [-0.05, 0) is 44.2 Å². The van der Waals surface area contributed by atoms with Crippen molar-refractivity contribution >= 4 is 12.2 Å². The smallest absolute Gasteiger partial charge is 0.337 e. The molecule has 0 saturated heterocycles. The molecule has 0 saturated carbocycles. The Morgan fingerprint density at radius 2 is 1.90 bits per heavy atom. The second-order valence-corrected chi connectivity index (χ2v) is 6.61. The third-order valence-corrected chi connectivity index (χ3v) is 4.75. The lowest BCUT2D eigenvalue weighted by Gasteiger charge is -2.11. The molecule has 1 N–H and O–H groups in total. The monoisotopic (exact) mass is 391 g/mol. The van der Waals surface area contributed by atoms with Crippen molar-refractivity contribution < 1.29 is 14.3 Å². The van der Waals surface area contributed by atoms with Gasteiger partial charge in [0.05, 0.1) is 32.5 Å². The number of aromatic nitrogens is 1. The number of nitrogens with zero attached hydrogens (tertiary/aromatic N) is 2. The largest absolute Gasteiger partial charge is 0.496 e. The van der Waals surface area contributed by atoms with Gasteiger partial charge in [0, 0.05) is 28.2 Å². The number of aryl methyl sites for hydroxylation is 1. The molecule has 0 bridgehead atoms.